The van der Waals surface area contributed by atoms with E-state index in [4.69, 9.17) is 4.74 Å². The molecule has 0 unspecified atom stereocenters. The number of ketones is 1. The Labute approximate surface area is 157 Å². The number of Topliss-reactive ketones (excluding diaryl/α,β-unsaturated/α-hetero) is 1. The maximum Gasteiger partial charge on any atom is 0.410 e. The van der Waals surface area contributed by atoms with Crippen LogP contribution in [0.5, 0.6) is 0 Å². The molecule has 1 aliphatic heterocycles. The summed E-state index contributed by atoms with van der Waals surface area (Å²) in [4.78, 5) is 42.3. The van der Waals surface area contributed by atoms with Crippen molar-refractivity contribution < 1.29 is 19.1 Å². The molecule has 1 aromatic carbocycles. The van der Waals surface area contributed by atoms with Gasteiger partial charge in [0.1, 0.15) is 12.3 Å². The fourth-order valence-electron chi connectivity index (χ4n) is 2.85. The Balaban J connectivity index is 1.53. The van der Waals surface area contributed by atoms with Crippen molar-refractivity contribution in [3.63, 3.8) is 0 Å². The minimum Gasteiger partial charge on any atom is -0.445 e. The smallest absolute Gasteiger partial charge is 0.410 e. The van der Waals surface area contributed by atoms with Gasteiger partial charge in [-0.05, 0) is 24.1 Å². The SMILES string of the molecule is O=C(N[C@@H]1CCN(C(=O)OCc2ccccc2)CCC1=O)c1ccccn1. The summed E-state index contributed by atoms with van der Waals surface area (Å²) in [5, 5.41) is 2.71. The van der Waals surface area contributed by atoms with Crippen LogP contribution in [0, 0.1) is 0 Å². The van der Waals surface area contributed by atoms with Gasteiger partial charge < -0.3 is 15.0 Å². The molecule has 0 aliphatic carbocycles. The van der Waals surface area contributed by atoms with Crippen LogP contribution in [0.25, 0.3) is 0 Å². The highest BCUT2D eigenvalue weighted by molar-refractivity contribution is 5.96. The third kappa shape index (κ3) is 5.13. The molecule has 2 aromatic rings. The molecule has 1 saturated heterocycles. The summed E-state index contributed by atoms with van der Waals surface area (Å²) in [6, 6.07) is 13.8. The van der Waals surface area contributed by atoms with E-state index in [-0.39, 0.29) is 31.0 Å². The zero-order valence-corrected chi connectivity index (χ0v) is 14.8. The quantitative estimate of drug-likeness (QED) is 0.895. The first-order valence-corrected chi connectivity index (χ1v) is 8.84. The van der Waals surface area contributed by atoms with Gasteiger partial charge in [-0.25, -0.2) is 4.79 Å². The highest BCUT2D eigenvalue weighted by Crippen LogP contribution is 2.11. The van der Waals surface area contributed by atoms with Crippen LogP contribution in [0.4, 0.5) is 4.79 Å². The Morgan fingerprint density at radius 1 is 1.11 bits per heavy atom. The predicted molar refractivity (Wildman–Crippen MR) is 97.9 cm³/mol. The molecule has 7 nitrogen and oxygen atoms in total. The second-order valence-electron chi connectivity index (χ2n) is 6.27. The first kappa shape index (κ1) is 18.6. The summed E-state index contributed by atoms with van der Waals surface area (Å²) in [7, 11) is 0. The van der Waals surface area contributed by atoms with E-state index < -0.39 is 18.0 Å². The molecule has 27 heavy (non-hydrogen) atoms. The number of pyridine rings is 1. The van der Waals surface area contributed by atoms with Crippen molar-refractivity contribution in [2.75, 3.05) is 13.1 Å². The second kappa shape index (κ2) is 8.93. The van der Waals surface area contributed by atoms with Gasteiger partial charge in [0, 0.05) is 25.7 Å². The Bertz CT molecular complexity index is 795. The Morgan fingerprint density at radius 3 is 2.63 bits per heavy atom. The van der Waals surface area contributed by atoms with Crippen molar-refractivity contribution in [1.29, 1.82) is 0 Å². The fourth-order valence-corrected chi connectivity index (χ4v) is 2.85. The Hall–Kier alpha value is -3.22. The van der Waals surface area contributed by atoms with Gasteiger partial charge >= 0.3 is 6.09 Å². The van der Waals surface area contributed by atoms with E-state index in [1.165, 1.54) is 11.1 Å². The number of likely N-dealkylation sites (tertiary alicyclic amines) is 1. The van der Waals surface area contributed by atoms with E-state index in [0.717, 1.165) is 5.56 Å². The first-order valence-electron chi connectivity index (χ1n) is 8.84. The van der Waals surface area contributed by atoms with Crippen molar-refractivity contribution in [1.82, 2.24) is 15.2 Å². The molecular weight excluding hydrogens is 346 g/mol. The molecule has 1 aliphatic rings. The molecule has 0 bridgehead atoms. The van der Waals surface area contributed by atoms with E-state index in [0.29, 0.717) is 13.0 Å². The molecule has 1 fully saturated rings. The minimum atomic E-state index is -0.633. The van der Waals surface area contributed by atoms with Gasteiger partial charge in [0.2, 0.25) is 0 Å². The average Bonchev–Trinajstić information content (AvgIpc) is 2.89. The van der Waals surface area contributed by atoms with Crippen LogP contribution in [0.15, 0.2) is 54.7 Å². The number of carbonyl (C=O) groups is 3. The third-order valence-corrected chi connectivity index (χ3v) is 4.37. The highest BCUT2D eigenvalue weighted by atomic mass is 16.6. The molecule has 2 heterocycles. The second-order valence-corrected chi connectivity index (χ2v) is 6.27. The average molecular weight is 367 g/mol. The minimum absolute atomic E-state index is 0.0994. The maximum absolute atomic E-state index is 12.3. The summed E-state index contributed by atoms with van der Waals surface area (Å²) in [5.74, 6) is -0.494. The van der Waals surface area contributed by atoms with Crippen LogP contribution in [0.1, 0.15) is 28.9 Å². The molecular formula is C20H21N3O4. The zero-order chi connectivity index (χ0) is 19.1. The third-order valence-electron chi connectivity index (χ3n) is 4.37. The Kier molecular flexibility index (Phi) is 6.14. The number of ether oxygens (including phenoxy) is 1. The van der Waals surface area contributed by atoms with Gasteiger partial charge in [0.05, 0.1) is 6.04 Å². The summed E-state index contributed by atoms with van der Waals surface area (Å²) < 4.78 is 5.32. The fraction of sp³-hybridized carbons (Fsp3) is 0.300. The molecule has 1 aromatic heterocycles. The zero-order valence-electron chi connectivity index (χ0n) is 14.8. The lowest BCUT2D eigenvalue weighted by Gasteiger charge is -2.20. The standard InChI is InChI=1S/C20H21N3O4/c24-18-10-13-23(20(26)27-14-15-6-2-1-3-7-15)12-9-16(18)22-19(25)17-8-4-5-11-21-17/h1-8,11,16H,9-10,12-14H2,(H,22,25)/t16-/m1/s1. The van der Waals surface area contributed by atoms with Gasteiger partial charge in [-0.15, -0.1) is 0 Å². The van der Waals surface area contributed by atoms with E-state index >= 15 is 0 Å². The molecule has 0 radical (unpaired) electrons. The van der Waals surface area contributed by atoms with Gasteiger partial charge in [-0.1, -0.05) is 36.4 Å². The van der Waals surface area contributed by atoms with Crippen molar-refractivity contribution in [2.24, 2.45) is 0 Å². The topological polar surface area (TPSA) is 88.6 Å². The summed E-state index contributed by atoms with van der Waals surface area (Å²) in [6.45, 7) is 0.804. The Morgan fingerprint density at radius 2 is 1.89 bits per heavy atom. The van der Waals surface area contributed by atoms with Crippen LogP contribution in [-0.2, 0) is 16.1 Å². The normalized spacial score (nSPS) is 17.1. The lowest BCUT2D eigenvalue weighted by atomic mass is 10.1. The van der Waals surface area contributed by atoms with E-state index in [2.05, 4.69) is 10.3 Å². The van der Waals surface area contributed by atoms with E-state index in [9.17, 15) is 14.4 Å². The summed E-state index contributed by atoms with van der Waals surface area (Å²) >= 11 is 0. The molecule has 7 heteroatoms. The van der Waals surface area contributed by atoms with Crippen LogP contribution >= 0.6 is 0 Å². The number of amides is 2. The number of nitrogens with one attached hydrogen (secondary N) is 1. The lowest BCUT2D eigenvalue weighted by molar-refractivity contribution is -0.120. The number of hydrogen-bond acceptors (Lipinski definition) is 5. The van der Waals surface area contributed by atoms with Gasteiger partial charge in [-0.2, -0.15) is 0 Å². The van der Waals surface area contributed by atoms with Crippen molar-refractivity contribution >= 4 is 17.8 Å². The van der Waals surface area contributed by atoms with Gasteiger partial charge in [-0.3, -0.25) is 14.6 Å². The van der Waals surface area contributed by atoms with E-state index in [1.807, 2.05) is 30.3 Å². The maximum atomic E-state index is 12.3. The number of rotatable bonds is 4. The van der Waals surface area contributed by atoms with Crippen molar-refractivity contribution in [2.45, 2.75) is 25.5 Å². The summed E-state index contributed by atoms with van der Waals surface area (Å²) in [6.07, 6.45) is 1.59. The van der Waals surface area contributed by atoms with Crippen LogP contribution in [0.2, 0.25) is 0 Å². The number of aromatic nitrogens is 1. The van der Waals surface area contributed by atoms with Crippen LogP contribution < -0.4 is 5.32 Å². The molecule has 3 rings (SSSR count). The monoisotopic (exact) mass is 367 g/mol. The predicted octanol–water partition coefficient (Wildman–Crippen LogP) is 2.18. The largest absolute Gasteiger partial charge is 0.445 e. The number of benzene rings is 1. The van der Waals surface area contributed by atoms with Gasteiger partial charge in [0.25, 0.3) is 5.91 Å². The van der Waals surface area contributed by atoms with Gasteiger partial charge in [0.15, 0.2) is 5.78 Å². The molecule has 1 N–H and O–H groups in total. The summed E-state index contributed by atoms with van der Waals surface area (Å²) in [5.41, 5.74) is 1.16. The lowest BCUT2D eigenvalue weighted by Crippen LogP contribution is -2.41. The van der Waals surface area contributed by atoms with Crippen molar-refractivity contribution in [3.05, 3.63) is 66.0 Å². The number of hydrogen-bond donors (Lipinski definition) is 1. The molecule has 0 spiro atoms. The number of nitrogens with zero attached hydrogens (tertiary/aromatic N) is 2. The van der Waals surface area contributed by atoms with Crippen LogP contribution in [-0.4, -0.2) is 46.8 Å². The first-order chi connectivity index (χ1) is 13.1. The van der Waals surface area contributed by atoms with Crippen LogP contribution in [0.3, 0.4) is 0 Å². The van der Waals surface area contributed by atoms with Crippen molar-refractivity contribution in [3.8, 4) is 0 Å². The molecule has 140 valence electrons. The number of carbonyl (C=O) groups excluding carboxylic acids is 3. The molecule has 0 saturated carbocycles. The van der Waals surface area contributed by atoms with E-state index in [1.54, 1.807) is 18.2 Å². The highest BCUT2D eigenvalue weighted by Gasteiger charge is 2.28. The molecule has 2 amide bonds. The molecule has 1 atom stereocenters.